The van der Waals surface area contributed by atoms with Gasteiger partial charge in [-0.05, 0) is 26.2 Å². The second-order valence-electron chi connectivity index (χ2n) is 3.35. The van der Waals surface area contributed by atoms with Gasteiger partial charge >= 0.3 is 0 Å². The summed E-state index contributed by atoms with van der Waals surface area (Å²) in [6.07, 6.45) is 13.0. The first-order valence-electron chi connectivity index (χ1n) is 5.10. The lowest BCUT2D eigenvalue weighted by Crippen LogP contribution is -2.04. The summed E-state index contributed by atoms with van der Waals surface area (Å²) in [5.41, 5.74) is 4.90. The van der Waals surface area contributed by atoms with Crippen LogP contribution in [0.25, 0.3) is 0 Å². The highest BCUT2D eigenvalue weighted by atomic mass is 16.3. The SMILES string of the molecule is C[C@H](O)CCC/C=C/C=C/C=C/C(N)=O. The Morgan fingerprint density at radius 2 is 2.00 bits per heavy atom. The maximum absolute atomic E-state index is 10.3. The van der Waals surface area contributed by atoms with Crippen molar-refractivity contribution in [3.8, 4) is 0 Å². The van der Waals surface area contributed by atoms with Crippen molar-refractivity contribution in [3.63, 3.8) is 0 Å². The van der Waals surface area contributed by atoms with Gasteiger partial charge in [0.15, 0.2) is 0 Å². The van der Waals surface area contributed by atoms with Gasteiger partial charge in [0.25, 0.3) is 0 Å². The fourth-order valence-corrected chi connectivity index (χ4v) is 0.985. The first kappa shape index (κ1) is 13.7. The van der Waals surface area contributed by atoms with Gasteiger partial charge in [0.05, 0.1) is 6.10 Å². The molecule has 0 unspecified atom stereocenters. The van der Waals surface area contributed by atoms with Crippen LogP contribution in [0.4, 0.5) is 0 Å². The summed E-state index contributed by atoms with van der Waals surface area (Å²) >= 11 is 0. The van der Waals surface area contributed by atoms with Gasteiger partial charge in [-0.3, -0.25) is 4.79 Å². The minimum Gasteiger partial charge on any atom is -0.393 e. The van der Waals surface area contributed by atoms with Crippen LogP contribution in [0, 0.1) is 0 Å². The lowest BCUT2D eigenvalue weighted by molar-refractivity contribution is -0.113. The smallest absolute Gasteiger partial charge is 0.241 e. The maximum atomic E-state index is 10.3. The molecule has 0 aliphatic rings. The molecule has 0 saturated carbocycles. The van der Waals surface area contributed by atoms with E-state index in [2.05, 4.69) is 0 Å². The number of unbranched alkanes of at least 4 members (excludes halogenated alkanes) is 1. The molecular weight excluding hydrogens is 190 g/mol. The van der Waals surface area contributed by atoms with Crippen molar-refractivity contribution in [1.29, 1.82) is 0 Å². The Bertz CT molecular complexity index is 252. The summed E-state index contributed by atoms with van der Waals surface area (Å²) in [6, 6.07) is 0. The molecule has 0 aliphatic carbocycles. The van der Waals surface area contributed by atoms with Crippen LogP contribution in [0.3, 0.4) is 0 Å². The molecule has 0 bridgehead atoms. The first-order valence-corrected chi connectivity index (χ1v) is 5.10. The van der Waals surface area contributed by atoms with Crippen molar-refractivity contribution in [3.05, 3.63) is 36.5 Å². The number of rotatable bonds is 7. The Kier molecular flexibility index (Phi) is 8.39. The van der Waals surface area contributed by atoms with Gasteiger partial charge in [0.1, 0.15) is 0 Å². The lowest BCUT2D eigenvalue weighted by atomic mass is 10.1. The molecule has 0 rings (SSSR count). The predicted molar refractivity (Wildman–Crippen MR) is 62.1 cm³/mol. The van der Waals surface area contributed by atoms with E-state index in [1.807, 2.05) is 18.2 Å². The normalized spacial score (nSPS) is 14.3. The van der Waals surface area contributed by atoms with Crippen molar-refractivity contribution in [2.24, 2.45) is 5.73 Å². The van der Waals surface area contributed by atoms with Crippen molar-refractivity contribution < 1.29 is 9.90 Å². The van der Waals surface area contributed by atoms with Crippen molar-refractivity contribution in [1.82, 2.24) is 0 Å². The van der Waals surface area contributed by atoms with Crippen molar-refractivity contribution in [2.45, 2.75) is 32.3 Å². The lowest BCUT2D eigenvalue weighted by Gasteiger charge is -1.99. The van der Waals surface area contributed by atoms with Gasteiger partial charge in [0.2, 0.25) is 5.91 Å². The summed E-state index contributed by atoms with van der Waals surface area (Å²) in [7, 11) is 0. The summed E-state index contributed by atoms with van der Waals surface area (Å²) < 4.78 is 0. The molecule has 0 aromatic heterocycles. The van der Waals surface area contributed by atoms with Crippen molar-refractivity contribution in [2.75, 3.05) is 0 Å². The van der Waals surface area contributed by atoms with Crippen LogP contribution >= 0.6 is 0 Å². The average Bonchev–Trinajstić information content (AvgIpc) is 2.14. The number of carbonyl (C=O) groups excluding carboxylic acids is 1. The van der Waals surface area contributed by atoms with Crippen LogP contribution in [0.15, 0.2) is 36.5 Å². The summed E-state index contributed by atoms with van der Waals surface area (Å²) in [4.78, 5) is 10.3. The highest BCUT2D eigenvalue weighted by molar-refractivity contribution is 5.85. The standard InChI is InChI=1S/C12H19NO2/c1-11(14)9-7-5-3-2-4-6-8-10-12(13)15/h2-4,6,8,10-11,14H,5,7,9H2,1H3,(H2,13,15)/b3-2+,6-4+,10-8+/t11-/m0/s1. The molecule has 3 N–H and O–H groups in total. The quantitative estimate of drug-likeness (QED) is 0.381. The molecule has 0 aromatic rings. The minimum absolute atomic E-state index is 0.215. The Labute approximate surface area is 91.0 Å². The number of primary amides is 1. The van der Waals surface area contributed by atoms with E-state index in [0.29, 0.717) is 0 Å². The van der Waals surface area contributed by atoms with Crippen LogP contribution in [-0.4, -0.2) is 17.1 Å². The number of hydrogen-bond donors (Lipinski definition) is 2. The average molecular weight is 209 g/mol. The Balaban J connectivity index is 3.49. The van der Waals surface area contributed by atoms with Gasteiger partial charge in [-0.2, -0.15) is 0 Å². The molecule has 1 atom stereocenters. The molecular formula is C12H19NO2. The monoisotopic (exact) mass is 209 g/mol. The van der Waals surface area contributed by atoms with E-state index >= 15 is 0 Å². The first-order chi connectivity index (χ1) is 7.13. The molecule has 15 heavy (non-hydrogen) atoms. The molecule has 0 saturated heterocycles. The molecule has 0 spiro atoms. The van der Waals surface area contributed by atoms with Crippen molar-refractivity contribution >= 4 is 5.91 Å². The second-order valence-corrected chi connectivity index (χ2v) is 3.35. The minimum atomic E-state index is -0.444. The number of carbonyl (C=O) groups is 1. The predicted octanol–water partition coefficient (Wildman–Crippen LogP) is 1.69. The van der Waals surface area contributed by atoms with Gasteiger partial charge < -0.3 is 10.8 Å². The van der Waals surface area contributed by atoms with Gasteiger partial charge in [-0.1, -0.05) is 30.4 Å². The van der Waals surface area contributed by atoms with Crippen LogP contribution in [0.5, 0.6) is 0 Å². The third-order valence-electron chi connectivity index (χ3n) is 1.72. The van der Waals surface area contributed by atoms with E-state index < -0.39 is 5.91 Å². The van der Waals surface area contributed by atoms with E-state index in [-0.39, 0.29) is 6.10 Å². The number of nitrogens with two attached hydrogens (primary N) is 1. The van der Waals surface area contributed by atoms with E-state index in [0.717, 1.165) is 19.3 Å². The zero-order chi connectivity index (χ0) is 11.5. The van der Waals surface area contributed by atoms with Crippen LogP contribution in [0.1, 0.15) is 26.2 Å². The highest BCUT2D eigenvalue weighted by Gasteiger charge is 1.91. The van der Waals surface area contributed by atoms with E-state index in [9.17, 15) is 4.79 Å². The van der Waals surface area contributed by atoms with Gasteiger partial charge in [-0.15, -0.1) is 0 Å². The van der Waals surface area contributed by atoms with E-state index in [4.69, 9.17) is 10.8 Å². The number of allylic oxidation sites excluding steroid dienone is 5. The van der Waals surface area contributed by atoms with Crippen LogP contribution in [-0.2, 0) is 4.79 Å². The Morgan fingerprint density at radius 1 is 1.33 bits per heavy atom. The van der Waals surface area contributed by atoms with E-state index in [1.54, 1.807) is 19.1 Å². The Morgan fingerprint density at radius 3 is 2.60 bits per heavy atom. The molecule has 0 fully saturated rings. The summed E-state index contributed by atoms with van der Waals surface area (Å²) in [6.45, 7) is 1.79. The zero-order valence-corrected chi connectivity index (χ0v) is 9.10. The van der Waals surface area contributed by atoms with Gasteiger partial charge in [0, 0.05) is 6.08 Å². The largest absolute Gasteiger partial charge is 0.393 e. The highest BCUT2D eigenvalue weighted by Crippen LogP contribution is 2.00. The number of hydrogen-bond acceptors (Lipinski definition) is 2. The molecule has 3 nitrogen and oxygen atoms in total. The van der Waals surface area contributed by atoms with Crippen LogP contribution < -0.4 is 5.73 Å². The number of amides is 1. The summed E-state index contributed by atoms with van der Waals surface area (Å²) in [5, 5.41) is 8.99. The molecule has 0 heterocycles. The molecule has 3 heteroatoms. The third-order valence-corrected chi connectivity index (χ3v) is 1.72. The summed E-state index contributed by atoms with van der Waals surface area (Å²) in [5.74, 6) is -0.444. The molecule has 0 aromatic carbocycles. The maximum Gasteiger partial charge on any atom is 0.241 e. The number of aliphatic hydroxyl groups is 1. The molecule has 0 aliphatic heterocycles. The second kappa shape index (κ2) is 9.21. The molecule has 1 amide bonds. The molecule has 84 valence electrons. The fourth-order valence-electron chi connectivity index (χ4n) is 0.985. The Hall–Kier alpha value is -1.35. The third kappa shape index (κ3) is 12.6. The molecule has 0 radical (unpaired) electrons. The fraction of sp³-hybridized carbons (Fsp3) is 0.417. The zero-order valence-electron chi connectivity index (χ0n) is 9.10. The van der Waals surface area contributed by atoms with E-state index in [1.165, 1.54) is 6.08 Å². The van der Waals surface area contributed by atoms with Gasteiger partial charge in [-0.25, -0.2) is 0 Å². The topological polar surface area (TPSA) is 63.3 Å². The van der Waals surface area contributed by atoms with Crippen LogP contribution in [0.2, 0.25) is 0 Å². The number of aliphatic hydroxyl groups excluding tert-OH is 1.